The zero-order chi connectivity index (χ0) is 14.8. The molecule has 0 aliphatic rings. The second-order valence-electron chi connectivity index (χ2n) is 4.29. The van der Waals surface area contributed by atoms with Crippen LogP contribution in [0.2, 0.25) is 5.02 Å². The molecule has 112 valence electrons. The van der Waals surface area contributed by atoms with Crippen LogP contribution in [0.15, 0.2) is 27.7 Å². The minimum Gasteiger partial charge on any atom is -0.356 e. The number of guanidine groups is 1. The highest BCUT2D eigenvalue weighted by molar-refractivity contribution is 9.10. The van der Waals surface area contributed by atoms with E-state index in [1.807, 2.05) is 30.0 Å². The lowest BCUT2D eigenvalue weighted by molar-refractivity contribution is 0.733. The maximum absolute atomic E-state index is 6.19. The van der Waals surface area contributed by atoms with Gasteiger partial charge in [-0.15, -0.1) is 0 Å². The Kier molecular flexibility index (Phi) is 9.14. The molecule has 6 heteroatoms. The molecule has 0 radical (unpaired) electrons. The lowest BCUT2D eigenvalue weighted by atomic mass is 10.2. The van der Waals surface area contributed by atoms with E-state index < -0.39 is 0 Å². The second kappa shape index (κ2) is 10.4. The number of nitrogens with zero attached hydrogens (tertiary/aromatic N) is 1. The average molecular weight is 379 g/mol. The van der Waals surface area contributed by atoms with Crippen LogP contribution in [0.3, 0.4) is 0 Å². The molecule has 20 heavy (non-hydrogen) atoms. The number of unbranched alkanes of at least 4 members (excludes halogenated alkanes) is 1. The Morgan fingerprint density at radius 2 is 2.15 bits per heavy atom. The normalized spacial score (nSPS) is 11.5. The lowest BCUT2D eigenvalue weighted by Crippen LogP contribution is -2.37. The Hall–Kier alpha value is -0.390. The van der Waals surface area contributed by atoms with Crippen molar-refractivity contribution in [3.05, 3.63) is 33.3 Å². The summed E-state index contributed by atoms with van der Waals surface area (Å²) < 4.78 is 0.988. The van der Waals surface area contributed by atoms with Crippen LogP contribution in [0.5, 0.6) is 0 Å². The highest BCUT2D eigenvalue weighted by Gasteiger charge is 2.02. The van der Waals surface area contributed by atoms with E-state index in [0.717, 1.165) is 34.0 Å². The zero-order valence-corrected chi connectivity index (χ0v) is 15.0. The van der Waals surface area contributed by atoms with Crippen LogP contribution in [0.25, 0.3) is 0 Å². The summed E-state index contributed by atoms with van der Waals surface area (Å²) in [6.45, 7) is 1.60. The van der Waals surface area contributed by atoms with Gasteiger partial charge in [0.25, 0.3) is 0 Å². The Balaban J connectivity index is 2.34. The van der Waals surface area contributed by atoms with Crippen molar-refractivity contribution in [3.63, 3.8) is 0 Å². The first kappa shape index (κ1) is 17.7. The smallest absolute Gasteiger partial charge is 0.191 e. The molecule has 0 atom stereocenters. The number of hydrogen-bond donors (Lipinski definition) is 2. The summed E-state index contributed by atoms with van der Waals surface area (Å²) in [5.41, 5.74) is 1.06. The van der Waals surface area contributed by atoms with E-state index in [9.17, 15) is 0 Å². The van der Waals surface area contributed by atoms with Crippen molar-refractivity contribution in [3.8, 4) is 0 Å². The largest absolute Gasteiger partial charge is 0.356 e. The Morgan fingerprint density at radius 1 is 1.35 bits per heavy atom. The Labute approximate surface area is 139 Å². The van der Waals surface area contributed by atoms with Crippen molar-refractivity contribution in [2.45, 2.75) is 19.4 Å². The molecule has 1 rings (SSSR count). The predicted molar refractivity (Wildman–Crippen MR) is 95.0 cm³/mol. The van der Waals surface area contributed by atoms with Gasteiger partial charge in [-0.25, -0.2) is 0 Å². The maximum Gasteiger partial charge on any atom is 0.191 e. The Morgan fingerprint density at radius 3 is 2.80 bits per heavy atom. The summed E-state index contributed by atoms with van der Waals surface area (Å²) in [4.78, 5) is 4.21. The molecule has 0 aliphatic heterocycles. The highest BCUT2D eigenvalue weighted by Crippen LogP contribution is 2.21. The van der Waals surface area contributed by atoms with Crippen LogP contribution in [-0.4, -0.2) is 31.6 Å². The maximum atomic E-state index is 6.19. The van der Waals surface area contributed by atoms with Gasteiger partial charge in [-0.05, 0) is 42.5 Å². The third-order valence-electron chi connectivity index (χ3n) is 2.75. The van der Waals surface area contributed by atoms with Crippen molar-refractivity contribution in [1.82, 2.24) is 10.6 Å². The van der Waals surface area contributed by atoms with Gasteiger partial charge in [-0.2, -0.15) is 11.8 Å². The van der Waals surface area contributed by atoms with E-state index in [2.05, 4.69) is 37.8 Å². The third kappa shape index (κ3) is 6.86. The summed E-state index contributed by atoms with van der Waals surface area (Å²) in [5.74, 6) is 2.02. The van der Waals surface area contributed by atoms with Gasteiger partial charge in [0.05, 0.1) is 0 Å². The molecule has 0 amide bonds. The summed E-state index contributed by atoms with van der Waals surface area (Å²) in [6, 6.07) is 5.89. The number of hydrogen-bond acceptors (Lipinski definition) is 2. The monoisotopic (exact) mass is 377 g/mol. The molecule has 1 aromatic rings. The van der Waals surface area contributed by atoms with E-state index in [-0.39, 0.29) is 0 Å². The van der Waals surface area contributed by atoms with Crippen molar-refractivity contribution >= 4 is 45.3 Å². The van der Waals surface area contributed by atoms with Gasteiger partial charge in [0.2, 0.25) is 0 Å². The van der Waals surface area contributed by atoms with Gasteiger partial charge in [0, 0.05) is 29.6 Å². The molecule has 0 fully saturated rings. The molecule has 3 nitrogen and oxygen atoms in total. The fourth-order valence-corrected chi connectivity index (χ4v) is 2.88. The van der Waals surface area contributed by atoms with Crippen LogP contribution < -0.4 is 10.6 Å². The molecule has 0 bridgehead atoms. The minimum absolute atomic E-state index is 0.663. The number of halogens is 2. The van der Waals surface area contributed by atoms with Crippen molar-refractivity contribution in [2.24, 2.45) is 4.99 Å². The van der Waals surface area contributed by atoms with E-state index in [1.54, 1.807) is 7.05 Å². The van der Waals surface area contributed by atoms with Crippen LogP contribution in [-0.2, 0) is 6.54 Å². The first-order valence-electron chi connectivity index (χ1n) is 6.54. The minimum atomic E-state index is 0.663. The molecule has 0 spiro atoms. The van der Waals surface area contributed by atoms with Gasteiger partial charge in [-0.3, -0.25) is 4.99 Å². The van der Waals surface area contributed by atoms with Crippen molar-refractivity contribution in [1.29, 1.82) is 0 Å². The molecular weight excluding hydrogens is 358 g/mol. The van der Waals surface area contributed by atoms with Crippen molar-refractivity contribution in [2.75, 3.05) is 25.6 Å². The Bertz CT molecular complexity index is 440. The summed E-state index contributed by atoms with van der Waals surface area (Å²) in [7, 11) is 1.78. The molecule has 0 aliphatic carbocycles. The number of thioether (sulfide) groups is 1. The van der Waals surface area contributed by atoms with Crippen LogP contribution >= 0.6 is 39.3 Å². The number of benzene rings is 1. The quantitative estimate of drug-likeness (QED) is 0.429. The second-order valence-corrected chi connectivity index (χ2v) is 6.60. The third-order valence-corrected chi connectivity index (χ3v) is 4.29. The first-order valence-corrected chi connectivity index (χ1v) is 9.11. The molecule has 0 saturated heterocycles. The molecule has 0 aromatic heterocycles. The molecule has 0 saturated carbocycles. The lowest BCUT2D eigenvalue weighted by Gasteiger charge is -2.12. The average Bonchev–Trinajstić information content (AvgIpc) is 2.43. The fourth-order valence-electron chi connectivity index (χ4n) is 1.64. The van der Waals surface area contributed by atoms with Crippen LogP contribution in [0.4, 0.5) is 0 Å². The molecule has 2 N–H and O–H groups in total. The number of aliphatic imine (C=N–C) groups is 1. The standard InChI is InChI=1S/C14H21BrClN3S/c1-17-14(18-7-3-4-8-20-2)19-10-11-5-6-12(15)9-13(11)16/h5-6,9H,3-4,7-8,10H2,1-2H3,(H2,17,18,19). The summed E-state index contributed by atoms with van der Waals surface area (Å²) in [6.07, 6.45) is 4.51. The number of nitrogens with one attached hydrogen (secondary N) is 2. The molecule has 0 heterocycles. The SMILES string of the molecule is CN=C(NCCCCSC)NCc1ccc(Br)cc1Cl. The van der Waals surface area contributed by atoms with E-state index in [1.165, 1.54) is 12.2 Å². The van der Waals surface area contributed by atoms with Crippen molar-refractivity contribution < 1.29 is 0 Å². The zero-order valence-electron chi connectivity index (χ0n) is 11.9. The van der Waals surface area contributed by atoms with Gasteiger partial charge in [-0.1, -0.05) is 33.6 Å². The van der Waals surface area contributed by atoms with Gasteiger partial charge in [0.1, 0.15) is 0 Å². The topological polar surface area (TPSA) is 36.4 Å². The molecular formula is C14H21BrClN3S. The summed E-state index contributed by atoms with van der Waals surface area (Å²) in [5, 5.41) is 7.33. The van der Waals surface area contributed by atoms with Gasteiger partial charge in [0.15, 0.2) is 5.96 Å². The van der Waals surface area contributed by atoms with E-state index >= 15 is 0 Å². The first-order chi connectivity index (χ1) is 9.67. The van der Waals surface area contributed by atoms with E-state index in [4.69, 9.17) is 11.6 Å². The van der Waals surface area contributed by atoms with E-state index in [0.29, 0.717) is 6.54 Å². The molecule has 0 unspecified atom stereocenters. The van der Waals surface area contributed by atoms with Gasteiger partial charge < -0.3 is 10.6 Å². The number of rotatable bonds is 7. The van der Waals surface area contributed by atoms with Crippen LogP contribution in [0, 0.1) is 0 Å². The molecule has 1 aromatic carbocycles. The fraction of sp³-hybridized carbons (Fsp3) is 0.500. The summed E-state index contributed by atoms with van der Waals surface area (Å²) >= 11 is 11.5. The van der Waals surface area contributed by atoms with Gasteiger partial charge >= 0.3 is 0 Å². The van der Waals surface area contributed by atoms with Crippen LogP contribution in [0.1, 0.15) is 18.4 Å². The highest BCUT2D eigenvalue weighted by atomic mass is 79.9. The predicted octanol–water partition coefficient (Wildman–Crippen LogP) is 3.91.